The Labute approximate surface area is 147 Å². The predicted octanol–water partition coefficient (Wildman–Crippen LogP) is 3.18. The van der Waals surface area contributed by atoms with Gasteiger partial charge in [-0.2, -0.15) is 0 Å². The number of carbonyl (C=O) groups excluding carboxylic acids is 1. The monoisotopic (exact) mass is 359 g/mol. The molecule has 0 unspecified atom stereocenters. The number of hydrogen-bond donors (Lipinski definition) is 2. The van der Waals surface area contributed by atoms with Crippen LogP contribution in [0, 0.1) is 0 Å². The smallest absolute Gasteiger partial charge is 0.306 e. The van der Waals surface area contributed by atoms with Crippen LogP contribution in [0.1, 0.15) is 12.0 Å². The molecule has 0 bridgehead atoms. The molecule has 1 aliphatic heterocycles. The highest BCUT2D eigenvalue weighted by molar-refractivity contribution is 8.26. The highest BCUT2D eigenvalue weighted by Gasteiger charge is 2.23. The number of thiocarbonyl (C=S) groups is 1. The van der Waals surface area contributed by atoms with Crippen molar-refractivity contribution in [1.29, 1.82) is 0 Å². The molecular weight excluding hydrogens is 346 g/mol. The van der Waals surface area contributed by atoms with Gasteiger partial charge in [0.2, 0.25) is 0 Å². The van der Waals surface area contributed by atoms with Crippen LogP contribution < -0.4 is 10.1 Å². The van der Waals surface area contributed by atoms with Gasteiger partial charge in [-0.3, -0.25) is 9.59 Å². The summed E-state index contributed by atoms with van der Waals surface area (Å²) in [6, 6.07) is 11.4. The van der Waals surface area contributed by atoms with E-state index in [2.05, 4.69) is 5.32 Å². The summed E-state index contributed by atoms with van der Waals surface area (Å²) in [5.41, 5.74) is 0.737. The van der Waals surface area contributed by atoms with Crippen LogP contribution in [0.4, 0.5) is 0 Å². The number of carboxylic acids is 1. The molecule has 1 aliphatic rings. The van der Waals surface area contributed by atoms with Gasteiger partial charge in [-0.1, -0.05) is 54.3 Å². The topological polar surface area (TPSA) is 75.6 Å². The van der Waals surface area contributed by atoms with Crippen LogP contribution in [-0.2, 0) is 9.59 Å². The molecule has 122 valence electrons. The SMILES string of the molecule is O=C(O)CCOc1ccc2ccccc2c1/C=C1\SC(=S)NC1=O. The van der Waals surface area contributed by atoms with Crippen molar-refractivity contribution in [3.05, 3.63) is 46.9 Å². The van der Waals surface area contributed by atoms with Crippen molar-refractivity contribution in [3.8, 4) is 5.75 Å². The molecular formula is C17H13NO4S2. The van der Waals surface area contributed by atoms with Crippen molar-refractivity contribution in [1.82, 2.24) is 5.32 Å². The number of carboxylic acid groups (broad SMARTS) is 1. The molecule has 1 fully saturated rings. The van der Waals surface area contributed by atoms with Crippen LogP contribution in [0.5, 0.6) is 5.75 Å². The first kappa shape index (κ1) is 16.5. The molecule has 2 N–H and O–H groups in total. The summed E-state index contributed by atoms with van der Waals surface area (Å²) in [6.07, 6.45) is 1.64. The van der Waals surface area contributed by atoms with E-state index >= 15 is 0 Å². The van der Waals surface area contributed by atoms with Crippen molar-refractivity contribution in [2.24, 2.45) is 0 Å². The van der Waals surface area contributed by atoms with Crippen LogP contribution in [0.3, 0.4) is 0 Å². The number of fused-ring (bicyclic) bond motifs is 1. The van der Waals surface area contributed by atoms with Crippen molar-refractivity contribution < 1.29 is 19.4 Å². The lowest BCUT2D eigenvalue weighted by Gasteiger charge is -2.12. The van der Waals surface area contributed by atoms with E-state index in [0.717, 1.165) is 16.3 Å². The minimum atomic E-state index is -0.924. The maximum Gasteiger partial charge on any atom is 0.306 e. The third-order valence-electron chi connectivity index (χ3n) is 3.42. The van der Waals surface area contributed by atoms with Gasteiger partial charge in [0.25, 0.3) is 5.91 Å². The van der Waals surface area contributed by atoms with E-state index in [0.29, 0.717) is 15.0 Å². The van der Waals surface area contributed by atoms with Gasteiger partial charge in [-0.15, -0.1) is 0 Å². The van der Waals surface area contributed by atoms with Gasteiger partial charge in [0.15, 0.2) is 0 Å². The highest BCUT2D eigenvalue weighted by Crippen LogP contribution is 2.34. The van der Waals surface area contributed by atoms with Crippen molar-refractivity contribution >= 4 is 57.0 Å². The van der Waals surface area contributed by atoms with Gasteiger partial charge in [0, 0.05) is 5.56 Å². The molecule has 0 spiro atoms. The molecule has 0 saturated carbocycles. The van der Waals surface area contributed by atoms with Crippen LogP contribution in [0.2, 0.25) is 0 Å². The quantitative estimate of drug-likeness (QED) is 0.631. The fourth-order valence-corrected chi connectivity index (χ4v) is 3.38. The van der Waals surface area contributed by atoms with Gasteiger partial charge < -0.3 is 15.2 Å². The van der Waals surface area contributed by atoms with Gasteiger partial charge in [-0.05, 0) is 22.9 Å². The van der Waals surface area contributed by atoms with E-state index in [4.69, 9.17) is 22.1 Å². The maximum atomic E-state index is 11.9. The standard InChI is InChI=1S/C17H13NO4S2/c19-15(20)7-8-22-13-6-5-10-3-1-2-4-11(10)12(13)9-14-16(21)18-17(23)24-14/h1-6,9H,7-8H2,(H,19,20)(H,18,21,23)/b14-9-. The summed E-state index contributed by atoms with van der Waals surface area (Å²) in [5, 5.41) is 13.3. The van der Waals surface area contributed by atoms with E-state index in [-0.39, 0.29) is 18.9 Å². The molecule has 2 aromatic carbocycles. The average molecular weight is 359 g/mol. The molecule has 1 amide bonds. The Morgan fingerprint density at radius 2 is 2.08 bits per heavy atom. The molecule has 24 heavy (non-hydrogen) atoms. The average Bonchev–Trinajstić information content (AvgIpc) is 2.86. The fraction of sp³-hybridized carbons (Fsp3) is 0.118. The number of benzene rings is 2. The number of hydrogen-bond acceptors (Lipinski definition) is 5. The first-order chi connectivity index (χ1) is 11.5. The number of carbonyl (C=O) groups is 2. The Bertz CT molecular complexity index is 876. The summed E-state index contributed by atoms with van der Waals surface area (Å²) in [5.74, 6) is -0.630. The molecule has 0 atom stereocenters. The number of nitrogens with one attached hydrogen (secondary N) is 1. The zero-order valence-electron chi connectivity index (χ0n) is 12.4. The fourth-order valence-electron chi connectivity index (χ4n) is 2.35. The van der Waals surface area contributed by atoms with E-state index in [1.807, 2.05) is 30.3 Å². The van der Waals surface area contributed by atoms with E-state index < -0.39 is 5.97 Å². The number of ether oxygens (including phenoxy) is 1. The first-order valence-electron chi connectivity index (χ1n) is 7.16. The first-order valence-corrected chi connectivity index (χ1v) is 8.38. The zero-order valence-corrected chi connectivity index (χ0v) is 14.1. The largest absolute Gasteiger partial charge is 0.492 e. The van der Waals surface area contributed by atoms with E-state index in [1.165, 1.54) is 11.8 Å². The molecule has 0 aliphatic carbocycles. The summed E-state index contributed by atoms with van der Waals surface area (Å²) in [6.45, 7) is 0.0571. The van der Waals surface area contributed by atoms with Crippen LogP contribution >= 0.6 is 24.0 Å². The highest BCUT2D eigenvalue weighted by atomic mass is 32.2. The summed E-state index contributed by atoms with van der Waals surface area (Å²) in [7, 11) is 0. The number of aliphatic carboxylic acids is 1. The third-order valence-corrected chi connectivity index (χ3v) is 4.58. The van der Waals surface area contributed by atoms with Gasteiger partial charge in [0.1, 0.15) is 10.1 Å². The molecule has 3 rings (SSSR count). The second kappa shape index (κ2) is 7.02. The van der Waals surface area contributed by atoms with Crippen molar-refractivity contribution in [2.45, 2.75) is 6.42 Å². The van der Waals surface area contributed by atoms with Crippen LogP contribution in [-0.4, -0.2) is 27.9 Å². The molecule has 5 nitrogen and oxygen atoms in total. The Morgan fingerprint density at radius 3 is 2.79 bits per heavy atom. The number of amides is 1. The zero-order chi connectivity index (χ0) is 17.1. The van der Waals surface area contributed by atoms with Crippen molar-refractivity contribution in [2.75, 3.05) is 6.61 Å². The van der Waals surface area contributed by atoms with Crippen molar-refractivity contribution in [3.63, 3.8) is 0 Å². The lowest BCUT2D eigenvalue weighted by molar-refractivity contribution is -0.137. The van der Waals surface area contributed by atoms with Gasteiger partial charge >= 0.3 is 5.97 Å². The second-order valence-electron chi connectivity index (χ2n) is 5.04. The Kier molecular flexibility index (Phi) is 4.82. The lowest BCUT2D eigenvalue weighted by atomic mass is 10.0. The Hall–Kier alpha value is -2.38. The number of thioether (sulfide) groups is 1. The maximum absolute atomic E-state index is 11.9. The molecule has 0 aromatic heterocycles. The van der Waals surface area contributed by atoms with Gasteiger partial charge in [0.05, 0.1) is 17.9 Å². The summed E-state index contributed by atoms with van der Waals surface area (Å²) < 4.78 is 6.05. The number of rotatable bonds is 5. The minimum Gasteiger partial charge on any atom is -0.492 e. The third kappa shape index (κ3) is 3.58. The molecule has 1 saturated heterocycles. The molecule has 1 heterocycles. The van der Waals surface area contributed by atoms with Crippen LogP contribution in [0.15, 0.2) is 41.3 Å². The molecule has 0 radical (unpaired) electrons. The minimum absolute atomic E-state index is 0.0571. The lowest BCUT2D eigenvalue weighted by Crippen LogP contribution is -2.17. The normalized spacial score (nSPS) is 15.8. The van der Waals surface area contributed by atoms with E-state index in [1.54, 1.807) is 12.1 Å². The Morgan fingerprint density at radius 1 is 1.29 bits per heavy atom. The Balaban J connectivity index is 2.04. The summed E-state index contributed by atoms with van der Waals surface area (Å²) >= 11 is 6.21. The van der Waals surface area contributed by atoms with E-state index in [9.17, 15) is 9.59 Å². The second-order valence-corrected chi connectivity index (χ2v) is 6.76. The predicted molar refractivity (Wildman–Crippen MR) is 98.0 cm³/mol. The van der Waals surface area contributed by atoms with Crippen LogP contribution in [0.25, 0.3) is 16.8 Å². The van der Waals surface area contributed by atoms with Gasteiger partial charge in [-0.25, -0.2) is 0 Å². The summed E-state index contributed by atoms with van der Waals surface area (Å²) in [4.78, 5) is 23.1. The molecule has 7 heteroatoms. The molecule has 2 aromatic rings.